The fraction of sp³-hybridized carbons (Fsp3) is 0.143. The number of aryl methyl sites for hydroxylation is 1. The Morgan fingerprint density at radius 1 is 1.40 bits per heavy atom. The highest BCUT2D eigenvalue weighted by Crippen LogP contribution is 2.18. The summed E-state index contributed by atoms with van der Waals surface area (Å²) in [6.07, 6.45) is 0. The molecule has 0 aliphatic heterocycles. The van der Waals surface area contributed by atoms with Crippen LogP contribution in [-0.4, -0.2) is 16.0 Å². The lowest BCUT2D eigenvalue weighted by Crippen LogP contribution is -2.14. The van der Waals surface area contributed by atoms with Crippen molar-refractivity contribution in [3.63, 3.8) is 0 Å². The molecular formula is C14H14ClN3O2. The molecule has 3 N–H and O–H groups in total. The zero-order chi connectivity index (χ0) is 14.5. The van der Waals surface area contributed by atoms with E-state index in [1.165, 1.54) is 0 Å². The number of nitrogens with two attached hydrogens (primary N) is 1. The molecule has 20 heavy (non-hydrogen) atoms. The Morgan fingerprint density at radius 2 is 2.15 bits per heavy atom. The molecule has 0 amide bonds. The lowest BCUT2D eigenvalue weighted by molar-refractivity contribution is 0.293. The second-order valence-electron chi connectivity index (χ2n) is 4.20. The second-order valence-corrected chi connectivity index (χ2v) is 4.61. The standard InChI is InChI=1S/C14H14ClN3O2/c1-9-6-11(14(16)18-19)7-13(17-9)20-8-10-4-2-3-5-12(10)15/h2-7,19H,8H2,1H3,(H2,16,18). The van der Waals surface area contributed by atoms with E-state index in [-0.39, 0.29) is 5.84 Å². The first-order chi connectivity index (χ1) is 9.60. The van der Waals surface area contributed by atoms with E-state index < -0.39 is 0 Å². The highest BCUT2D eigenvalue weighted by molar-refractivity contribution is 6.31. The van der Waals surface area contributed by atoms with Crippen LogP contribution in [0.25, 0.3) is 0 Å². The molecule has 104 valence electrons. The Balaban J connectivity index is 2.18. The van der Waals surface area contributed by atoms with Crippen LogP contribution in [0.15, 0.2) is 41.6 Å². The largest absolute Gasteiger partial charge is 0.473 e. The highest BCUT2D eigenvalue weighted by Gasteiger charge is 2.06. The third-order valence-corrected chi connectivity index (χ3v) is 3.04. The van der Waals surface area contributed by atoms with Crippen molar-refractivity contribution in [2.24, 2.45) is 10.9 Å². The predicted molar refractivity (Wildman–Crippen MR) is 77.3 cm³/mol. The number of amidine groups is 1. The highest BCUT2D eigenvalue weighted by atomic mass is 35.5. The third-order valence-electron chi connectivity index (χ3n) is 2.67. The van der Waals surface area contributed by atoms with Gasteiger partial charge in [0.25, 0.3) is 0 Å². The number of aromatic nitrogens is 1. The number of hydrogen-bond acceptors (Lipinski definition) is 4. The molecular weight excluding hydrogens is 278 g/mol. The predicted octanol–water partition coefficient (Wildman–Crippen LogP) is 2.72. The van der Waals surface area contributed by atoms with Crippen LogP contribution in [0, 0.1) is 6.92 Å². The molecule has 0 atom stereocenters. The number of hydrogen-bond donors (Lipinski definition) is 2. The van der Waals surface area contributed by atoms with Crippen molar-refractivity contribution < 1.29 is 9.94 Å². The summed E-state index contributed by atoms with van der Waals surface area (Å²) in [5, 5.41) is 12.3. The summed E-state index contributed by atoms with van der Waals surface area (Å²) in [4.78, 5) is 4.24. The quantitative estimate of drug-likeness (QED) is 0.393. The topological polar surface area (TPSA) is 80.7 Å². The van der Waals surface area contributed by atoms with Gasteiger partial charge in [0.2, 0.25) is 5.88 Å². The van der Waals surface area contributed by atoms with Gasteiger partial charge in [0, 0.05) is 27.9 Å². The summed E-state index contributed by atoms with van der Waals surface area (Å²) >= 11 is 6.05. The molecule has 0 unspecified atom stereocenters. The van der Waals surface area contributed by atoms with Crippen molar-refractivity contribution in [3.8, 4) is 5.88 Å². The molecule has 1 aromatic heterocycles. The smallest absolute Gasteiger partial charge is 0.214 e. The first-order valence-electron chi connectivity index (χ1n) is 5.93. The molecule has 0 spiro atoms. The SMILES string of the molecule is Cc1cc(/C(N)=N/O)cc(OCc2ccccc2Cl)n1. The second kappa shape index (κ2) is 6.25. The molecule has 1 heterocycles. The molecule has 6 heteroatoms. The summed E-state index contributed by atoms with van der Waals surface area (Å²) in [5.74, 6) is 0.407. The van der Waals surface area contributed by atoms with Gasteiger partial charge in [-0.2, -0.15) is 0 Å². The number of halogens is 1. The monoisotopic (exact) mass is 291 g/mol. The summed E-state index contributed by atoms with van der Waals surface area (Å²) < 4.78 is 5.60. The first-order valence-corrected chi connectivity index (χ1v) is 6.30. The maximum atomic E-state index is 8.70. The van der Waals surface area contributed by atoms with Crippen LogP contribution in [-0.2, 0) is 6.61 Å². The maximum Gasteiger partial charge on any atom is 0.214 e. The molecule has 2 aromatic rings. The van der Waals surface area contributed by atoms with Gasteiger partial charge in [-0.15, -0.1) is 0 Å². The fourth-order valence-electron chi connectivity index (χ4n) is 1.68. The summed E-state index contributed by atoms with van der Waals surface area (Å²) in [6.45, 7) is 2.10. The zero-order valence-corrected chi connectivity index (χ0v) is 11.6. The van der Waals surface area contributed by atoms with Gasteiger partial charge in [-0.1, -0.05) is 35.0 Å². The number of ether oxygens (including phenoxy) is 1. The number of rotatable bonds is 4. The van der Waals surface area contributed by atoms with E-state index in [4.69, 9.17) is 27.3 Å². The maximum absolute atomic E-state index is 8.70. The van der Waals surface area contributed by atoms with Crippen LogP contribution < -0.4 is 10.5 Å². The van der Waals surface area contributed by atoms with Gasteiger partial charge >= 0.3 is 0 Å². The van der Waals surface area contributed by atoms with E-state index in [1.54, 1.807) is 25.1 Å². The average molecular weight is 292 g/mol. The van der Waals surface area contributed by atoms with Gasteiger partial charge in [0.05, 0.1) is 0 Å². The molecule has 2 rings (SSSR count). The Kier molecular flexibility index (Phi) is 4.42. The van der Waals surface area contributed by atoms with Crippen molar-refractivity contribution in [3.05, 3.63) is 58.2 Å². The minimum atomic E-state index is 0.0121. The number of pyridine rings is 1. The van der Waals surface area contributed by atoms with Crippen molar-refractivity contribution in [1.82, 2.24) is 4.98 Å². The van der Waals surface area contributed by atoms with Gasteiger partial charge < -0.3 is 15.7 Å². The Labute approximate surface area is 121 Å². The molecule has 0 fully saturated rings. The fourth-order valence-corrected chi connectivity index (χ4v) is 1.88. The Bertz CT molecular complexity index is 644. The average Bonchev–Trinajstić information content (AvgIpc) is 2.45. The van der Waals surface area contributed by atoms with Gasteiger partial charge in [-0.3, -0.25) is 0 Å². The van der Waals surface area contributed by atoms with E-state index in [1.807, 2.05) is 18.2 Å². The molecule has 0 saturated heterocycles. The lowest BCUT2D eigenvalue weighted by Gasteiger charge is -2.09. The molecule has 0 aliphatic rings. The van der Waals surface area contributed by atoms with Crippen LogP contribution >= 0.6 is 11.6 Å². The first kappa shape index (κ1) is 14.1. The van der Waals surface area contributed by atoms with E-state index >= 15 is 0 Å². The van der Waals surface area contributed by atoms with E-state index in [2.05, 4.69) is 10.1 Å². The number of benzene rings is 1. The Hall–Kier alpha value is -2.27. The van der Waals surface area contributed by atoms with Gasteiger partial charge in [-0.25, -0.2) is 4.98 Å². The normalized spacial score (nSPS) is 11.4. The van der Waals surface area contributed by atoms with Crippen molar-refractivity contribution >= 4 is 17.4 Å². The molecule has 0 aliphatic carbocycles. The van der Waals surface area contributed by atoms with E-state index in [0.29, 0.717) is 28.8 Å². The minimum absolute atomic E-state index is 0.0121. The zero-order valence-electron chi connectivity index (χ0n) is 10.9. The molecule has 0 radical (unpaired) electrons. The molecule has 5 nitrogen and oxygen atoms in total. The molecule has 0 bridgehead atoms. The molecule has 0 saturated carbocycles. The van der Waals surface area contributed by atoms with Gasteiger partial charge in [0.15, 0.2) is 5.84 Å². The number of oxime groups is 1. The van der Waals surface area contributed by atoms with Crippen LogP contribution in [0.4, 0.5) is 0 Å². The lowest BCUT2D eigenvalue weighted by atomic mass is 10.2. The third kappa shape index (κ3) is 3.39. The molecule has 1 aromatic carbocycles. The van der Waals surface area contributed by atoms with Crippen LogP contribution in [0.2, 0.25) is 5.02 Å². The van der Waals surface area contributed by atoms with Gasteiger partial charge in [0.1, 0.15) is 6.61 Å². The van der Waals surface area contributed by atoms with Crippen LogP contribution in [0.1, 0.15) is 16.8 Å². The van der Waals surface area contributed by atoms with Crippen LogP contribution in [0.3, 0.4) is 0 Å². The summed E-state index contributed by atoms with van der Waals surface area (Å²) in [7, 11) is 0. The Morgan fingerprint density at radius 3 is 2.85 bits per heavy atom. The number of nitrogens with zero attached hydrogens (tertiary/aromatic N) is 2. The van der Waals surface area contributed by atoms with Crippen molar-refractivity contribution in [1.29, 1.82) is 0 Å². The van der Waals surface area contributed by atoms with E-state index in [9.17, 15) is 0 Å². The summed E-state index contributed by atoms with van der Waals surface area (Å²) in [6, 6.07) is 10.7. The van der Waals surface area contributed by atoms with Gasteiger partial charge in [-0.05, 0) is 19.1 Å². The van der Waals surface area contributed by atoms with E-state index in [0.717, 1.165) is 5.56 Å². The van der Waals surface area contributed by atoms with Crippen molar-refractivity contribution in [2.45, 2.75) is 13.5 Å². The van der Waals surface area contributed by atoms with Crippen molar-refractivity contribution in [2.75, 3.05) is 0 Å². The van der Waals surface area contributed by atoms with Crippen LogP contribution in [0.5, 0.6) is 5.88 Å². The minimum Gasteiger partial charge on any atom is -0.473 e. The summed E-state index contributed by atoms with van der Waals surface area (Å²) in [5.41, 5.74) is 7.68.